The molecule has 0 spiro atoms. The van der Waals surface area contributed by atoms with Crippen LogP contribution in [-0.2, 0) is 65.2 Å². The number of ketones is 1. The molecule has 7 nitrogen and oxygen atoms in total. The number of carbonyl (C=O) groups is 1. The van der Waals surface area contributed by atoms with Gasteiger partial charge in [0.2, 0.25) is 14.9 Å². The minimum Gasteiger partial charge on any atom is -0.453 e. The SMILES string of the molecule is C=C(c1ccc2c(c1N)CCC2)C1CCCC1.C[C@H](c1ccc2c(c1CC(=O)CS(=O)(=O)c1cc(C(C)(C)O)co1)CCC2)C1CCCC1.C[C@H](c1ccc2c(c1N)CCC2)C1CCCC1. The number of aryl methyl sites for hydroxylation is 3. The zero-order valence-electron chi connectivity index (χ0n) is 40.6. The molecule has 3 saturated carbocycles. The molecule has 1 aromatic heterocycles. The van der Waals surface area contributed by atoms with Crippen LogP contribution in [0, 0.1) is 17.8 Å². The summed E-state index contributed by atoms with van der Waals surface area (Å²) >= 11 is 0. The van der Waals surface area contributed by atoms with Crippen molar-refractivity contribution in [3.05, 3.63) is 117 Å². The van der Waals surface area contributed by atoms with E-state index in [2.05, 4.69) is 56.8 Å². The average molecular weight is 915 g/mol. The van der Waals surface area contributed by atoms with E-state index in [0.29, 0.717) is 29.2 Å². The molecule has 0 amide bonds. The molecule has 5 N–H and O–H groups in total. The second-order valence-electron chi connectivity index (χ2n) is 21.6. The van der Waals surface area contributed by atoms with Gasteiger partial charge in [-0.3, -0.25) is 4.79 Å². The fourth-order valence-electron chi connectivity index (χ4n) is 12.7. The lowest BCUT2D eigenvalue weighted by Gasteiger charge is -2.24. The van der Waals surface area contributed by atoms with Crippen LogP contribution in [0.5, 0.6) is 0 Å². The van der Waals surface area contributed by atoms with Crippen molar-refractivity contribution < 1.29 is 22.7 Å². The molecule has 8 heteroatoms. The zero-order chi connectivity index (χ0) is 46.8. The predicted octanol–water partition coefficient (Wildman–Crippen LogP) is 12.9. The molecule has 0 bridgehead atoms. The van der Waals surface area contributed by atoms with Gasteiger partial charge in [-0.2, -0.15) is 0 Å². The zero-order valence-corrected chi connectivity index (χ0v) is 41.4. The Morgan fingerprint density at radius 3 is 1.74 bits per heavy atom. The van der Waals surface area contributed by atoms with E-state index in [9.17, 15) is 18.3 Å². The monoisotopic (exact) mass is 915 g/mol. The largest absolute Gasteiger partial charge is 0.453 e. The van der Waals surface area contributed by atoms with E-state index < -0.39 is 21.2 Å². The highest BCUT2D eigenvalue weighted by Gasteiger charge is 2.32. The maximum absolute atomic E-state index is 13.0. The molecule has 6 aliphatic carbocycles. The number of nitrogens with two attached hydrogens (primary N) is 2. The van der Waals surface area contributed by atoms with E-state index in [1.54, 1.807) is 13.8 Å². The number of furan rings is 1. The molecule has 0 unspecified atom stereocenters. The number of rotatable bonds is 12. The molecule has 6 aliphatic rings. The molecule has 3 fully saturated rings. The third kappa shape index (κ3) is 10.6. The first-order valence-corrected chi connectivity index (χ1v) is 27.4. The summed E-state index contributed by atoms with van der Waals surface area (Å²) in [5.74, 6) is 2.31. The van der Waals surface area contributed by atoms with Gasteiger partial charge in [0.05, 0.1) is 11.9 Å². The first-order valence-electron chi connectivity index (χ1n) is 25.8. The van der Waals surface area contributed by atoms with Crippen LogP contribution in [0.2, 0.25) is 0 Å². The maximum atomic E-state index is 13.0. The first-order chi connectivity index (χ1) is 31.6. The Morgan fingerprint density at radius 2 is 1.18 bits per heavy atom. The number of Topliss-reactive ketones (excluding diaryl/α,β-unsaturated/α-hetero) is 1. The van der Waals surface area contributed by atoms with E-state index in [-0.39, 0.29) is 17.3 Å². The van der Waals surface area contributed by atoms with E-state index in [0.717, 1.165) is 48.5 Å². The topological polar surface area (TPSA) is 137 Å². The van der Waals surface area contributed by atoms with Crippen molar-refractivity contribution in [3.63, 3.8) is 0 Å². The number of sulfone groups is 1. The van der Waals surface area contributed by atoms with Crippen molar-refractivity contribution in [2.45, 2.75) is 191 Å². The van der Waals surface area contributed by atoms with Crippen LogP contribution in [-0.4, -0.2) is 25.1 Å². The normalized spacial score (nSPS) is 19.4. The van der Waals surface area contributed by atoms with Gasteiger partial charge < -0.3 is 21.0 Å². The van der Waals surface area contributed by atoms with Crippen LogP contribution in [0.15, 0.2) is 64.8 Å². The van der Waals surface area contributed by atoms with E-state index >= 15 is 0 Å². The van der Waals surface area contributed by atoms with E-state index in [1.807, 2.05) is 0 Å². The number of carbonyl (C=O) groups excluding carboxylic acids is 1. The molecule has 0 radical (unpaired) electrons. The molecular formula is C58H78N2O5S. The summed E-state index contributed by atoms with van der Waals surface area (Å²) in [6.45, 7) is 12.1. The molecule has 66 heavy (non-hydrogen) atoms. The summed E-state index contributed by atoms with van der Waals surface area (Å²) in [6, 6.07) is 14.8. The number of nitrogen functional groups attached to an aromatic ring is 2. The number of aliphatic hydroxyl groups is 1. The molecule has 0 saturated heterocycles. The van der Waals surface area contributed by atoms with Gasteiger partial charge in [0.1, 0.15) is 5.75 Å². The Bertz CT molecular complexity index is 2490. The lowest BCUT2D eigenvalue weighted by molar-refractivity contribution is -0.116. The molecule has 2 atom stereocenters. The summed E-state index contributed by atoms with van der Waals surface area (Å²) in [4.78, 5) is 13.0. The van der Waals surface area contributed by atoms with Crippen molar-refractivity contribution in [2.24, 2.45) is 17.8 Å². The van der Waals surface area contributed by atoms with Gasteiger partial charge in [-0.15, -0.1) is 0 Å². The summed E-state index contributed by atoms with van der Waals surface area (Å²) < 4.78 is 30.9. The first kappa shape index (κ1) is 48.3. The third-order valence-corrected chi connectivity index (χ3v) is 18.4. The standard InChI is InChI=1S/C26H34O5S.C16H23N.C16H21N/c1-17(18-7-4-5-8-18)22-12-11-19-9-6-10-23(19)24(22)14-21(27)16-32(29,30)25-13-20(15-31-25)26(2,3)28;2*1-11(12-5-2-3-6-12)14-10-9-13-7-4-8-15(13)16(14)17/h11-13,15,17-18,28H,4-10,14,16H2,1-3H3;9-12H,2-8,17H2,1H3;9-10,12H,1-8,17H2/t17-;11-;/m00./s1. The lowest BCUT2D eigenvalue weighted by Crippen LogP contribution is -2.20. The van der Waals surface area contributed by atoms with Crippen molar-refractivity contribution in [2.75, 3.05) is 17.2 Å². The van der Waals surface area contributed by atoms with Crippen molar-refractivity contribution in [3.8, 4) is 0 Å². The van der Waals surface area contributed by atoms with Crippen molar-refractivity contribution >= 4 is 32.6 Å². The number of anilines is 2. The van der Waals surface area contributed by atoms with E-state index in [1.165, 1.54) is 177 Å². The average Bonchev–Trinajstić information content (AvgIpc) is 4.15. The van der Waals surface area contributed by atoms with Gasteiger partial charge in [0.25, 0.3) is 0 Å². The minimum atomic E-state index is -3.91. The Kier molecular flexibility index (Phi) is 15.1. The summed E-state index contributed by atoms with van der Waals surface area (Å²) in [5.41, 5.74) is 28.7. The van der Waals surface area contributed by atoms with Gasteiger partial charge in [0.15, 0.2) is 5.78 Å². The van der Waals surface area contributed by atoms with Crippen LogP contribution in [0.1, 0.15) is 197 Å². The third-order valence-electron chi connectivity index (χ3n) is 16.8. The smallest absolute Gasteiger partial charge is 0.218 e. The lowest BCUT2D eigenvalue weighted by atomic mass is 9.81. The van der Waals surface area contributed by atoms with Gasteiger partial charge in [-0.25, -0.2) is 8.42 Å². The van der Waals surface area contributed by atoms with Gasteiger partial charge in [-0.05, 0) is 195 Å². The number of allylic oxidation sites excluding steroid dienone is 1. The summed E-state index contributed by atoms with van der Waals surface area (Å²) in [5, 5.41) is 9.82. The molecule has 1 heterocycles. The highest BCUT2D eigenvalue weighted by molar-refractivity contribution is 7.92. The van der Waals surface area contributed by atoms with E-state index in [4.69, 9.17) is 15.9 Å². The number of hydrogen-bond acceptors (Lipinski definition) is 7. The molecular weight excluding hydrogens is 837 g/mol. The maximum Gasteiger partial charge on any atom is 0.218 e. The number of hydrogen-bond donors (Lipinski definition) is 3. The second-order valence-corrected chi connectivity index (χ2v) is 23.5. The fraction of sp³-hybridized carbons (Fsp3) is 0.569. The predicted molar refractivity (Wildman–Crippen MR) is 271 cm³/mol. The summed E-state index contributed by atoms with van der Waals surface area (Å²) in [6.07, 6.45) is 27.7. The fourth-order valence-corrected chi connectivity index (χ4v) is 13.9. The Morgan fingerprint density at radius 1 is 0.697 bits per heavy atom. The van der Waals surface area contributed by atoms with Crippen LogP contribution in [0.4, 0.5) is 11.4 Å². The van der Waals surface area contributed by atoms with Crippen LogP contribution >= 0.6 is 0 Å². The van der Waals surface area contributed by atoms with Crippen molar-refractivity contribution in [1.82, 2.24) is 0 Å². The molecule has 4 aromatic rings. The van der Waals surface area contributed by atoms with Crippen molar-refractivity contribution in [1.29, 1.82) is 0 Å². The molecule has 356 valence electrons. The highest BCUT2D eigenvalue weighted by Crippen LogP contribution is 2.44. The molecule has 0 aliphatic heterocycles. The van der Waals surface area contributed by atoms with Crippen LogP contribution in [0.3, 0.4) is 0 Å². The van der Waals surface area contributed by atoms with Gasteiger partial charge in [0, 0.05) is 35.0 Å². The van der Waals surface area contributed by atoms with Crippen LogP contribution in [0.25, 0.3) is 5.57 Å². The quantitative estimate of drug-likeness (QED) is 0.120. The number of benzene rings is 3. The second kappa shape index (κ2) is 20.6. The highest BCUT2D eigenvalue weighted by atomic mass is 32.2. The minimum absolute atomic E-state index is 0.147. The molecule has 10 rings (SSSR count). The Hall–Kier alpha value is -4.14. The Labute approximate surface area is 396 Å². The van der Waals surface area contributed by atoms with Gasteiger partial charge in [-0.1, -0.05) is 95.3 Å². The Balaban J connectivity index is 0.000000146. The molecule has 3 aromatic carbocycles. The summed E-state index contributed by atoms with van der Waals surface area (Å²) in [7, 11) is -3.91. The van der Waals surface area contributed by atoms with Crippen LogP contribution < -0.4 is 11.5 Å². The van der Waals surface area contributed by atoms with Gasteiger partial charge >= 0.3 is 0 Å². The number of fused-ring (bicyclic) bond motifs is 3.